The molecule has 0 aromatic heterocycles. The van der Waals surface area contributed by atoms with Gasteiger partial charge in [-0.3, -0.25) is 4.90 Å². The van der Waals surface area contributed by atoms with Gasteiger partial charge in [0.1, 0.15) is 0 Å². The van der Waals surface area contributed by atoms with Gasteiger partial charge >= 0.3 is 0 Å². The molecule has 1 saturated carbocycles. The molecular weight excluding hydrogens is 200 g/mol. The summed E-state index contributed by atoms with van der Waals surface area (Å²) < 4.78 is 5.30. The zero-order valence-corrected chi connectivity index (χ0v) is 11.1. The Morgan fingerprint density at radius 1 is 1.38 bits per heavy atom. The SMILES string of the molecule is CCC(COC)N(C)C1CCCCC1CN. The van der Waals surface area contributed by atoms with Crippen molar-refractivity contribution in [1.82, 2.24) is 4.90 Å². The zero-order chi connectivity index (χ0) is 12.0. The third-order valence-electron chi connectivity index (χ3n) is 4.10. The van der Waals surface area contributed by atoms with E-state index in [9.17, 15) is 0 Å². The molecule has 3 unspecified atom stereocenters. The van der Waals surface area contributed by atoms with Crippen molar-refractivity contribution in [2.45, 2.75) is 51.1 Å². The van der Waals surface area contributed by atoms with Crippen LogP contribution in [0.2, 0.25) is 0 Å². The fourth-order valence-corrected chi connectivity index (χ4v) is 2.99. The van der Waals surface area contributed by atoms with Crippen molar-refractivity contribution in [2.24, 2.45) is 11.7 Å². The van der Waals surface area contributed by atoms with Gasteiger partial charge in [-0.2, -0.15) is 0 Å². The molecule has 3 heteroatoms. The van der Waals surface area contributed by atoms with E-state index in [0.29, 0.717) is 18.0 Å². The zero-order valence-electron chi connectivity index (χ0n) is 11.1. The van der Waals surface area contributed by atoms with Crippen LogP contribution in [-0.4, -0.2) is 44.3 Å². The van der Waals surface area contributed by atoms with Crippen LogP contribution in [0.5, 0.6) is 0 Å². The van der Waals surface area contributed by atoms with Crippen LogP contribution in [0.15, 0.2) is 0 Å². The summed E-state index contributed by atoms with van der Waals surface area (Å²) in [5, 5.41) is 0. The molecule has 3 atom stereocenters. The second kappa shape index (κ2) is 7.25. The van der Waals surface area contributed by atoms with E-state index in [4.69, 9.17) is 10.5 Å². The van der Waals surface area contributed by atoms with E-state index < -0.39 is 0 Å². The molecule has 0 spiro atoms. The van der Waals surface area contributed by atoms with Gasteiger partial charge in [0, 0.05) is 19.2 Å². The predicted molar refractivity (Wildman–Crippen MR) is 68.5 cm³/mol. The second-order valence-electron chi connectivity index (χ2n) is 5.03. The predicted octanol–water partition coefficient (Wildman–Crippen LogP) is 1.86. The van der Waals surface area contributed by atoms with Crippen LogP contribution in [0.25, 0.3) is 0 Å². The second-order valence-corrected chi connectivity index (χ2v) is 5.03. The maximum atomic E-state index is 5.89. The summed E-state index contributed by atoms with van der Waals surface area (Å²) >= 11 is 0. The highest BCUT2D eigenvalue weighted by atomic mass is 16.5. The molecule has 0 radical (unpaired) electrons. The van der Waals surface area contributed by atoms with E-state index in [2.05, 4.69) is 18.9 Å². The summed E-state index contributed by atoms with van der Waals surface area (Å²) in [5.74, 6) is 0.685. The third-order valence-corrected chi connectivity index (χ3v) is 4.10. The fraction of sp³-hybridized carbons (Fsp3) is 1.00. The van der Waals surface area contributed by atoms with Gasteiger partial charge in [-0.25, -0.2) is 0 Å². The van der Waals surface area contributed by atoms with E-state index in [1.165, 1.54) is 25.7 Å². The summed E-state index contributed by atoms with van der Waals surface area (Å²) in [5.41, 5.74) is 5.89. The highest BCUT2D eigenvalue weighted by Crippen LogP contribution is 2.28. The highest BCUT2D eigenvalue weighted by molar-refractivity contribution is 4.85. The molecule has 96 valence electrons. The first kappa shape index (κ1) is 13.9. The quantitative estimate of drug-likeness (QED) is 0.754. The molecule has 3 nitrogen and oxygen atoms in total. The Bertz CT molecular complexity index is 187. The number of nitrogens with zero attached hydrogens (tertiary/aromatic N) is 1. The Morgan fingerprint density at radius 3 is 2.62 bits per heavy atom. The van der Waals surface area contributed by atoms with Crippen molar-refractivity contribution in [1.29, 1.82) is 0 Å². The minimum atomic E-state index is 0.544. The van der Waals surface area contributed by atoms with Gasteiger partial charge < -0.3 is 10.5 Å². The molecule has 0 aromatic rings. The minimum absolute atomic E-state index is 0.544. The Morgan fingerprint density at radius 2 is 2.06 bits per heavy atom. The van der Waals surface area contributed by atoms with Crippen molar-refractivity contribution in [3.8, 4) is 0 Å². The van der Waals surface area contributed by atoms with Crippen molar-refractivity contribution in [3.05, 3.63) is 0 Å². The number of rotatable bonds is 6. The van der Waals surface area contributed by atoms with Gasteiger partial charge in [0.05, 0.1) is 6.61 Å². The molecule has 0 aromatic carbocycles. The largest absolute Gasteiger partial charge is 0.383 e. The van der Waals surface area contributed by atoms with E-state index in [1.807, 2.05) is 0 Å². The summed E-state index contributed by atoms with van der Waals surface area (Å²) in [6.45, 7) is 3.90. The highest BCUT2D eigenvalue weighted by Gasteiger charge is 2.30. The van der Waals surface area contributed by atoms with E-state index in [1.54, 1.807) is 7.11 Å². The first-order chi connectivity index (χ1) is 7.74. The Kier molecular flexibility index (Phi) is 6.32. The maximum absolute atomic E-state index is 5.89. The van der Waals surface area contributed by atoms with Crippen molar-refractivity contribution in [2.75, 3.05) is 27.3 Å². The molecule has 1 aliphatic rings. The van der Waals surface area contributed by atoms with E-state index in [0.717, 1.165) is 19.6 Å². The lowest BCUT2D eigenvalue weighted by molar-refractivity contribution is 0.0425. The fourth-order valence-electron chi connectivity index (χ4n) is 2.99. The van der Waals surface area contributed by atoms with Crippen LogP contribution in [0.4, 0.5) is 0 Å². The van der Waals surface area contributed by atoms with Crippen molar-refractivity contribution in [3.63, 3.8) is 0 Å². The maximum Gasteiger partial charge on any atom is 0.0617 e. The minimum Gasteiger partial charge on any atom is -0.383 e. The van der Waals surface area contributed by atoms with Gasteiger partial charge in [-0.1, -0.05) is 19.8 Å². The topological polar surface area (TPSA) is 38.5 Å². The van der Waals surface area contributed by atoms with E-state index >= 15 is 0 Å². The number of ether oxygens (including phenoxy) is 1. The Labute approximate surface area is 100 Å². The van der Waals surface area contributed by atoms with Crippen LogP contribution < -0.4 is 5.73 Å². The molecule has 1 fully saturated rings. The molecule has 16 heavy (non-hydrogen) atoms. The Balaban J connectivity index is 2.57. The summed E-state index contributed by atoms with van der Waals surface area (Å²) in [6, 6.07) is 1.21. The van der Waals surface area contributed by atoms with Gasteiger partial charge in [-0.05, 0) is 38.8 Å². The summed E-state index contributed by atoms with van der Waals surface area (Å²) in [4.78, 5) is 2.51. The lowest BCUT2D eigenvalue weighted by atomic mass is 9.83. The van der Waals surface area contributed by atoms with Gasteiger partial charge in [0.25, 0.3) is 0 Å². The van der Waals surface area contributed by atoms with Crippen molar-refractivity contribution >= 4 is 0 Å². The van der Waals surface area contributed by atoms with Gasteiger partial charge in [0.2, 0.25) is 0 Å². The molecule has 0 saturated heterocycles. The normalized spacial score (nSPS) is 28.3. The first-order valence-corrected chi connectivity index (χ1v) is 6.65. The van der Waals surface area contributed by atoms with Crippen LogP contribution in [0, 0.1) is 5.92 Å². The summed E-state index contributed by atoms with van der Waals surface area (Å²) in [6.07, 6.45) is 6.47. The summed E-state index contributed by atoms with van der Waals surface area (Å²) in [7, 11) is 4.03. The first-order valence-electron chi connectivity index (χ1n) is 6.65. The Hall–Kier alpha value is -0.120. The molecule has 1 aliphatic carbocycles. The number of hydrogen-bond donors (Lipinski definition) is 1. The average Bonchev–Trinajstić information content (AvgIpc) is 2.35. The standard InChI is InChI=1S/C13H28N2O/c1-4-12(10-16-3)15(2)13-8-6-5-7-11(13)9-14/h11-13H,4-10,14H2,1-3H3. The number of hydrogen-bond acceptors (Lipinski definition) is 3. The molecule has 1 rings (SSSR count). The third kappa shape index (κ3) is 3.44. The molecule has 0 heterocycles. The van der Waals surface area contributed by atoms with Crippen LogP contribution in [0.1, 0.15) is 39.0 Å². The smallest absolute Gasteiger partial charge is 0.0617 e. The molecule has 2 N–H and O–H groups in total. The van der Waals surface area contributed by atoms with Crippen LogP contribution >= 0.6 is 0 Å². The molecular formula is C13H28N2O. The number of nitrogens with two attached hydrogens (primary N) is 1. The van der Waals surface area contributed by atoms with Crippen LogP contribution in [-0.2, 0) is 4.74 Å². The molecule has 0 amide bonds. The number of methoxy groups -OCH3 is 1. The van der Waals surface area contributed by atoms with Crippen molar-refractivity contribution < 1.29 is 4.74 Å². The van der Waals surface area contributed by atoms with Gasteiger partial charge in [-0.15, -0.1) is 0 Å². The molecule has 0 aliphatic heterocycles. The lowest BCUT2D eigenvalue weighted by Crippen LogP contribution is -2.49. The average molecular weight is 228 g/mol. The lowest BCUT2D eigenvalue weighted by Gasteiger charge is -2.41. The van der Waals surface area contributed by atoms with Crippen LogP contribution in [0.3, 0.4) is 0 Å². The monoisotopic (exact) mass is 228 g/mol. The van der Waals surface area contributed by atoms with Gasteiger partial charge in [0.15, 0.2) is 0 Å². The van der Waals surface area contributed by atoms with E-state index in [-0.39, 0.29) is 0 Å². The molecule has 0 bridgehead atoms. The number of likely N-dealkylation sites (N-methyl/N-ethyl adjacent to an activating group) is 1.